The van der Waals surface area contributed by atoms with Crippen molar-refractivity contribution < 1.29 is 9.31 Å². The summed E-state index contributed by atoms with van der Waals surface area (Å²) in [4.78, 5) is 0. The molecule has 0 aromatic carbocycles. The Balaban J connectivity index is 0.000000609. The van der Waals surface area contributed by atoms with Crippen LogP contribution in [0.1, 0.15) is 68.2 Å². The highest BCUT2D eigenvalue weighted by molar-refractivity contribution is 6.51. The Morgan fingerprint density at radius 3 is 1.72 bits per heavy atom. The highest BCUT2D eigenvalue weighted by Gasteiger charge is 2.49. The van der Waals surface area contributed by atoms with Crippen molar-refractivity contribution in [3.05, 3.63) is 12.1 Å². The van der Waals surface area contributed by atoms with Crippen molar-refractivity contribution in [2.75, 3.05) is 0 Å². The van der Waals surface area contributed by atoms with E-state index in [2.05, 4.69) is 18.1 Å². The van der Waals surface area contributed by atoms with Crippen molar-refractivity contribution in [3.8, 4) is 24.5 Å². The van der Waals surface area contributed by atoms with Gasteiger partial charge >= 0.3 is 7.12 Å². The molecule has 1 heterocycles. The number of nitrogens with zero attached hydrogens (tertiary/aromatic N) is 2. The number of allylic oxidation sites excluding steroid dienone is 1. The molecule has 0 atom stereocenters. The van der Waals surface area contributed by atoms with Crippen LogP contribution in [0.15, 0.2) is 12.1 Å². The molecule has 1 saturated heterocycles. The molecule has 0 aliphatic carbocycles. The second kappa shape index (κ2) is 8.58. The van der Waals surface area contributed by atoms with Crippen LogP contribution in [0.2, 0.25) is 0 Å². The standard InChI is InChI=1S/C13H22BNO2.C7H9N/c1-11(2,10-15)8-7-9-14-16-12(3,4)13(5,6)17-14;1-4-5-7(2,3)6-8/h7,9H,8H2,1-6H3;1H,5H2,2-3H3/b9-7+;. The van der Waals surface area contributed by atoms with E-state index in [0.717, 1.165) is 0 Å². The molecule has 1 fully saturated rings. The molecule has 0 aromatic heterocycles. The molecular formula is C20H31BN2O2. The maximum Gasteiger partial charge on any atom is 0.486 e. The number of terminal acetylenes is 1. The van der Waals surface area contributed by atoms with E-state index in [9.17, 15) is 0 Å². The lowest BCUT2D eigenvalue weighted by atomic mass is 9.85. The summed E-state index contributed by atoms with van der Waals surface area (Å²) in [6.07, 6.45) is 8.19. The van der Waals surface area contributed by atoms with E-state index in [0.29, 0.717) is 12.8 Å². The molecule has 25 heavy (non-hydrogen) atoms. The molecular weight excluding hydrogens is 311 g/mol. The first-order valence-corrected chi connectivity index (χ1v) is 8.50. The van der Waals surface area contributed by atoms with Gasteiger partial charge in [0.05, 0.1) is 34.2 Å². The minimum absolute atomic E-state index is 0.299. The summed E-state index contributed by atoms with van der Waals surface area (Å²) in [6, 6.07) is 4.37. The lowest BCUT2D eigenvalue weighted by Crippen LogP contribution is -2.41. The number of nitriles is 2. The second-order valence-electron chi connectivity index (χ2n) is 8.63. The summed E-state index contributed by atoms with van der Waals surface area (Å²) in [5.41, 5.74) is -1.27. The van der Waals surface area contributed by atoms with Crippen LogP contribution in [0.3, 0.4) is 0 Å². The van der Waals surface area contributed by atoms with Gasteiger partial charge in [-0.2, -0.15) is 10.5 Å². The Kier molecular flexibility index (Phi) is 7.98. The van der Waals surface area contributed by atoms with Gasteiger partial charge in [0.2, 0.25) is 0 Å². The Morgan fingerprint density at radius 2 is 1.40 bits per heavy atom. The van der Waals surface area contributed by atoms with Crippen molar-refractivity contribution in [1.29, 1.82) is 10.5 Å². The predicted molar refractivity (Wildman–Crippen MR) is 102 cm³/mol. The van der Waals surface area contributed by atoms with Gasteiger partial charge in [0.25, 0.3) is 0 Å². The average molecular weight is 342 g/mol. The summed E-state index contributed by atoms with van der Waals surface area (Å²) in [5.74, 6) is 4.33. The van der Waals surface area contributed by atoms with Gasteiger partial charge in [0.1, 0.15) is 0 Å². The van der Waals surface area contributed by atoms with Gasteiger partial charge in [-0.15, -0.1) is 12.3 Å². The quantitative estimate of drug-likeness (QED) is 0.550. The smallest absolute Gasteiger partial charge is 0.400 e. The van der Waals surface area contributed by atoms with Crippen LogP contribution in [0.25, 0.3) is 0 Å². The first kappa shape index (κ1) is 23.3. The third-order valence-electron chi connectivity index (χ3n) is 4.34. The van der Waals surface area contributed by atoms with Gasteiger partial charge in [0.15, 0.2) is 0 Å². The summed E-state index contributed by atoms with van der Waals surface area (Å²) < 4.78 is 11.6. The third kappa shape index (κ3) is 7.79. The Labute approximate surface area is 154 Å². The summed E-state index contributed by atoms with van der Waals surface area (Å²) in [5, 5.41) is 17.3. The van der Waals surface area contributed by atoms with Crippen molar-refractivity contribution in [3.63, 3.8) is 0 Å². The Hall–Kier alpha value is -1.74. The van der Waals surface area contributed by atoms with E-state index in [1.165, 1.54) is 0 Å². The van der Waals surface area contributed by atoms with Crippen LogP contribution in [0, 0.1) is 45.8 Å². The number of hydrogen-bond donors (Lipinski definition) is 0. The normalized spacial score (nSPS) is 18.7. The van der Waals surface area contributed by atoms with Gasteiger partial charge < -0.3 is 9.31 Å². The third-order valence-corrected chi connectivity index (χ3v) is 4.34. The molecule has 0 amide bonds. The van der Waals surface area contributed by atoms with E-state index in [4.69, 9.17) is 26.3 Å². The molecule has 0 bridgehead atoms. The van der Waals surface area contributed by atoms with Gasteiger partial charge in [-0.25, -0.2) is 0 Å². The van der Waals surface area contributed by atoms with Crippen molar-refractivity contribution >= 4 is 7.12 Å². The zero-order chi connectivity index (χ0) is 19.9. The SMILES string of the molecule is C#CCC(C)(C)C#N.CC(C)(C#N)C/C=C/B1OC(C)(C)C(C)(C)O1. The van der Waals surface area contributed by atoms with Gasteiger partial charge in [-0.05, 0) is 61.8 Å². The topological polar surface area (TPSA) is 66.0 Å². The predicted octanol–water partition coefficient (Wildman–Crippen LogP) is 4.67. The first-order chi connectivity index (χ1) is 11.2. The fourth-order valence-electron chi connectivity index (χ4n) is 1.78. The summed E-state index contributed by atoms with van der Waals surface area (Å²) >= 11 is 0. The van der Waals surface area contributed by atoms with E-state index in [1.807, 2.05) is 67.4 Å². The number of hydrogen-bond acceptors (Lipinski definition) is 4. The summed E-state index contributed by atoms with van der Waals surface area (Å²) in [6.45, 7) is 15.6. The maximum absolute atomic E-state index is 8.91. The highest BCUT2D eigenvalue weighted by Crippen LogP contribution is 2.37. The molecule has 0 saturated carbocycles. The molecule has 4 nitrogen and oxygen atoms in total. The highest BCUT2D eigenvalue weighted by atomic mass is 16.7. The molecule has 0 radical (unpaired) electrons. The largest absolute Gasteiger partial charge is 0.486 e. The molecule has 1 aliphatic rings. The molecule has 1 rings (SSSR count). The molecule has 0 spiro atoms. The molecule has 0 aromatic rings. The van der Waals surface area contributed by atoms with Crippen LogP contribution >= 0.6 is 0 Å². The van der Waals surface area contributed by atoms with Crippen molar-refractivity contribution in [2.24, 2.45) is 10.8 Å². The minimum Gasteiger partial charge on any atom is -0.400 e. The van der Waals surface area contributed by atoms with E-state index < -0.39 is 0 Å². The van der Waals surface area contributed by atoms with Crippen LogP contribution in [-0.4, -0.2) is 18.3 Å². The van der Waals surface area contributed by atoms with Gasteiger partial charge in [-0.3, -0.25) is 0 Å². The zero-order valence-electron chi connectivity index (χ0n) is 16.9. The molecule has 0 unspecified atom stereocenters. The fraction of sp³-hybridized carbons (Fsp3) is 0.700. The van der Waals surface area contributed by atoms with Crippen LogP contribution < -0.4 is 0 Å². The molecule has 1 aliphatic heterocycles. The van der Waals surface area contributed by atoms with E-state index >= 15 is 0 Å². The molecule has 136 valence electrons. The minimum atomic E-state index is -0.339. The Bertz CT molecular complexity index is 583. The van der Waals surface area contributed by atoms with Crippen LogP contribution in [0.4, 0.5) is 0 Å². The Morgan fingerprint density at radius 1 is 0.960 bits per heavy atom. The van der Waals surface area contributed by atoms with Gasteiger partial charge in [0, 0.05) is 6.42 Å². The maximum atomic E-state index is 8.91. The monoisotopic (exact) mass is 342 g/mol. The summed E-state index contributed by atoms with van der Waals surface area (Å²) in [7, 11) is -0.311. The average Bonchev–Trinajstić information content (AvgIpc) is 2.67. The van der Waals surface area contributed by atoms with Gasteiger partial charge in [-0.1, -0.05) is 12.1 Å². The van der Waals surface area contributed by atoms with E-state index in [-0.39, 0.29) is 29.2 Å². The lowest BCUT2D eigenvalue weighted by Gasteiger charge is -2.32. The van der Waals surface area contributed by atoms with Crippen molar-refractivity contribution in [2.45, 2.75) is 79.4 Å². The second-order valence-corrected chi connectivity index (χ2v) is 8.63. The molecule has 0 N–H and O–H groups in total. The van der Waals surface area contributed by atoms with Crippen molar-refractivity contribution in [1.82, 2.24) is 0 Å². The van der Waals surface area contributed by atoms with E-state index in [1.54, 1.807) is 0 Å². The zero-order valence-corrected chi connectivity index (χ0v) is 16.9. The first-order valence-electron chi connectivity index (χ1n) is 8.50. The number of rotatable bonds is 4. The lowest BCUT2D eigenvalue weighted by molar-refractivity contribution is 0.00578. The fourth-order valence-corrected chi connectivity index (χ4v) is 1.78. The molecule has 5 heteroatoms. The van der Waals surface area contributed by atoms with Crippen LogP contribution in [0.5, 0.6) is 0 Å². The van der Waals surface area contributed by atoms with Crippen LogP contribution in [-0.2, 0) is 9.31 Å².